The quantitative estimate of drug-likeness (QED) is 0.310. The van der Waals surface area contributed by atoms with Crippen LogP contribution in [0.2, 0.25) is 0 Å². The molecule has 0 saturated heterocycles. The molecule has 1 aliphatic rings. The zero-order chi connectivity index (χ0) is 8.65. The molecule has 1 unspecified atom stereocenters. The molecule has 0 amide bonds. The van der Waals surface area contributed by atoms with Crippen LogP contribution in [0.3, 0.4) is 0 Å². The average Bonchev–Trinajstić information content (AvgIpc) is 1.95. The summed E-state index contributed by atoms with van der Waals surface area (Å²) in [6, 6.07) is 0. The number of allylic oxidation sites excluding steroid dienone is 1. The molecule has 0 aromatic heterocycles. The van der Waals surface area contributed by atoms with Gasteiger partial charge in [0, 0.05) is 0 Å². The van der Waals surface area contributed by atoms with Crippen molar-refractivity contribution < 1.29 is 43.2 Å². The summed E-state index contributed by atoms with van der Waals surface area (Å²) in [5, 5.41) is 0. The Bertz CT molecular complexity index is 199. The van der Waals surface area contributed by atoms with Gasteiger partial charge in [0.25, 0.3) is 0 Å². The van der Waals surface area contributed by atoms with Crippen LogP contribution in [-0.2, 0) is 0 Å². The molecule has 0 fully saturated rings. The van der Waals surface area contributed by atoms with Gasteiger partial charge in [0.15, 0.2) is 0 Å². The Balaban J connectivity index is 2.98. The van der Waals surface area contributed by atoms with Gasteiger partial charge in [-0.1, -0.05) is 0 Å². The molecular weight excluding hydrogens is 282 g/mol. The Morgan fingerprint density at radius 3 is 2.36 bits per heavy atom. The summed E-state index contributed by atoms with van der Waals surface area (Å²) in [4.78, 5) is 0. The molecule has 0 bridgehead atoms. The topological polar surface area (TPSA) is 0 Å². The maximum absolute atomic E-state index is 12.2. The Labute approximate surface area is 69.7 Å². The van der Waals surface area contributed by atoms with Crippen molar-refractivity contribution in [3.63, 3.8) is 0 Å². The fraction of sp³-hybridized carbons (Fsp3) is 0.600. The van der Waals surface area contributed by atoms with Crippen LogP contribution in [-0.4, -0.2) is 16.5 Å². The van der Waals surface area contributed by atoms with Crippen molar-refractivity contribution in [3.8, 4) is 0 Å². The van der Waals surface area contributed by atoms with Gasteiger partial charge < -0.3 is 0 Å². The number of hydrogen-bond donors (Lipinski definition) is 0. The maximum atomic E-state index is 12.2. The number of hydrogen-bond acceptors (Lipinski definition) is 0. The van der Waals surface area contributed by atoms with Crippen molar-refractivity contribution in [2.75, 3.05) is 4.43 Å². The van der Waals surface area contributed by atoms with Gasteiger partial charge in [-0.3, -0.25) is 0 Å². The summed E-state index contributed by atoms with van der Waals surface area (Å²) in [6.07, 6.45) is -2.55. The zero-order valence-corrected chi connectivity index (χ0v) is 7.21. The Hall–Kier alpha value is 0.120. The van der Waals surface area contributed by atoms with Crippen LogP contribution in [0.1, 0.15) is 0 Å². The molecule has 0 aromatic rings. The van der Waals surface area contributed by atoms with Crippen molar-refractivity contribution in [2.24, 2.45) is 0 Å². The summed E-state index contributed by atoms with van der Waals surface area (Å²) >= 11 is -1.51. The molecule has 11 heavy (non-hydrogen) atoms. The van der Waals surface area contributed by atoms with E-state index in [9.17, 15) is 22.0 Å². The summed E-state index contributed by atoms with van der Waals surface area (Å²) in [5.74, 6) is -6.44. The fourth-order valence-corrected chi connectivity index (χ4v) is 2.58. The molecular formula is C5H3F5I-. The Kier molecular flexibility index (Phi) is 2.40. The van der Waals surface area contributed by atoms with Crippen LogP contribution in [0.25, 0.3) is 0 Å². The van der Waals surface area contributed by atoms with E-state index < -0.39 is 47.4 Å². The molecule has 1 heterocycles. The van der Waals surface area contributed by atoms with E-state index in [-0.39, 0.29) is 0 Å². The standard InChI is InChI=1S/C5H3F5I/c6-2-1-11-4(8)3(7)5(2,9)10/h2H,1H2/q-1. The van der Waals surface area contributed by atoms with Crippen LogP contribution in [0, 0.1) is 0 Å². The van der Waals surface area contributed by atoms with Crippen LogP contribution in [0.5, 0.6) is 0 Å². The molecule has 6 heteroatoms. The predicted octanol–water partition coefficient (Wildman–Crippen LogP) is -0.830. The van der Waals surface area contributed by atoms with Crippen LogP contribution >= 0.6 is 0 Å². The Morgan fingerprint density at radius 1 is 1.36 bits per heavy atom. The molecule has 1 aliphatic heterocycles. The minimum atomic E-state index is -4.23. The monoisotopic (exact) mass is 285 g/mol. The van der Waals surface area contributed by atoms with Crippen molar-refractivity contribution >= 4 is 0 Å². The molecule has 0 nitrogen and oxygen atoms in total. The first-order valence-corrected chi connectivity index (χ1v) is 5.23. The second-order valence-corrected chi connectivity index (χ2v) is 4.54. The molecule has 66 valence electrons. The number of halogens is 6. The second kappa shape index (κ2) is 2.87. The third-order valence-corrected chi connectivity index (χ3v) is 3.54. The molecule has 1 rings (SSSR count). The van der Waals surface area contributed by atoms with Gasteiger partial charge >= 0.3 is 69.3 Å². The van der Waals surface area contributed by atoms with Gasteiger partial charge in [-0.2, -0.15) is 0 Å². The van der Waals surface area contributed by atoms with Gasteiger partial charge in [-0.15, -0.1) is 0 Å². The number of rotatable bonds is 0. The predicted molar refractivity (Wildman–Crippen MR) is 24.0 cm³/mol. The van der Waals surface area contributed by atoms with Gasteiger partial charge in [-0.05, 0) is 0 Å². The summed E-state index contributed by atoms with van der Waals surface area (Å²) in [7, 11) is 0. The van der Waals surface area contributed by atoms with Gasteiger partial charge in [0.2, 0.25) is 0 Å². The third-order valence-electron chi connectivity index (χ3n) is 1.18. The van der Waals surface area contributed by atoms with Crippen LogP contribution < -0.4 is 21.2 Å². The van der Waals surface area contributed by atoms with Crippen molar-refractivity contribution in [1.82, 2.24) is 0 Å². The van der Waals surface area contributed by atoms with E-state index >= 15 is 0 Å². The van der Waals surface area contributed by atoms with E-state index in [0.717, 1.165) is 0 Å². The average molecular weight is 285 g/mol. The van der Waals surface area contributed by atoms with Crippen LogP contribution in [0.15, 0.2) is 9.66 Å². The van der Waals surface area contributed by atoms with Crippen LogP contribution in [0.4, 0.5) is 22.0 Å². The normalized spacial score (nSPS) is 31.5. The van der Waals surface area contributed by atoms with Gasteiger partial charge in [-0.25, -0.2) is 0 Å². The van der Waals surface area contributed by atoms with E-state index in [4.69, 9.17) is 0 Å². The Morgan fingerprint density at radius 2 is 1.91 bits per heavy atom. The number of alkyl halides is 4. The van der Waals surface area contributed by atoms with E-state index in [0.29, 0.717) is 0 Å². The molecule has 0 saturated carbocycles. The summed E-state index contributed by atoms with van der Waals surface area (Å²) in [6.45, 7) is 0. The van der Waals surface area contributed by atoms with E-state index in [1.165, 1.54) is 0 Å². The first kappa shape index (κ1) is 9.21. The molecule has 0 N–H and O–H groups in total. The summed E-state index contributed by atoms with van der Waals surface area (Å²) < 4.78 is 59.0. The molecule has 0 aliphatic carbocycles. The summed E-state index contributed by atoms with van der Waals surface area (Å²) in [5.41, 5.74) is 0. The second-order valence-electron chi connectivity index (χ2n) is 1.95. The van der Waals surface area contributed by atoms with E-state index in [2.05, 4.69) is 0 Å². The molecule has 0 radical (unpaired) electrons. The first-order valence-electron chi connectivity index (χ1n) is 2.63. The molecule has 0 spiro atoms. The van der Waals surface area contributed by atoms with Crippen molar-refractivity contribution in [3.05, 3.63) is 9.66 Å². The van der Waals surface area contributed by atoms with Gasteiger partial charge in [0.05, 0.1) is 0 Å². The van der Waals surface area contributed by atoms with Crippen molar-refractivity contribution in [1.29, 1.82) is 0 Å². The first-order chi connectivity index (χ1) is 4.96. The van der Waals surface area contributed by atoms with E-state index in [1.807, 2.05) is 0 Å². The van der Waals surface area contributed by atoms with Crippen molar-refractivity contribution in [2.45, 2.75) is 12.1 Å². The minimum absolute atomic E-state index is 0.550. The zero-order valence-electron chi connectivity index (χ0n) is 5.05. The SMILES string of the molecule is FC1=C(F)C(F)(F)C(F)C[I-]1. The van der Waals surface area contributed by atoms with E-state index in [1.54, 1.807) is 0 Å². The third kappa shape index (κ3) is 1.50. The molecule has 1 atom stereocenters. The fourth-order valence-electron chi connectivity index (χ4n) is 0.555. The van der Waals surface area contributed by atoms with Gasteiger partial charge in [0.1, 0.15) is 0 Å². The molecule has 0 aromatic carbocycles.